The molecule has 2 unspecified atom stereocenters. The molecule has 0 aliphatic rings. The molecule has 1 amide bonds. The minimum atomic E-state index is -0.432. The second-order valence-corrected chi connectivity index (χ2v) is 5.43. The number of carbonyl (C=O) groups excluding carboxylic acids is 1. The van der Waals surface area contributed by atoms with E-state index in [4.69, 9.17) is 0 Å². The molecule has 1 aromatic rings. The van der Waals surface area contributed by atoms with Crippen molar-refractivity contribution in [2.75, 3.05) is 6.54 Å². The highest BCUT2D eigenvalue weighted by Gasteiger charge is 2.14. The second-order valence-electron chi connectivity index (χ2n) is 5.43. The quantitative estimate of drug-likeness (QED) is 0.811. The van der Waals surface area contributed by atoms with Crippen molar-refractivity contribution in [1.82, 2.24) is 10.6 Å². The smallest absolute Gasteiger partial charge is 0.221 e. The highest BCUT2D eigenvalue weighted by molar-refractivity contribution is 5.76. The molecule has 0 fully saturated rings. The second kappa shape index (κ2) is 8.08. The monoisotopic (exact) mass is 298 g/mol. The average molecular weight is 298 g/mol. The fourth-order valence-corrected chi connectivity index (χ4v) is 1.95. The highest BCUT2D eigenvalue weighted by Crippen LogP contribution is 2.20. The molecule has 2 N–H and O–H groups in total. The summed E-state index contributed by atoms with van der Waals surface area (Å²) < 4.78 is 27.3. The van der Waals surface area contributed by atoms with Crippen LogP contribution in [0.1, 0.15) is 50.8 Å². The van der Waals surface area contributed by atoms with Crippen molar-refractivity contribution in [3.05, 3.63) is 34.9 Å². The van der Waals surface area contributed by atoms with E-state index in [0.29, 0.717) is 13.0 Å². The zero-order chi connectivity index (χ0) is 16.0. The Morgan fingerprint density at radius 3 is 2.52 bits per heavy atom. The number of halogens is 2. The average Bonchev–Trinajstić information content (AvgIpc) is 2.42. The van der Waals surface area contributed by atoms with E-state index in [1.807, 2.05) is 13.8 Å². The molecule has 2 atom stereocenters. The van der Waals surface area contributed by atoms with Gasteiger partial charge < -0.3 is 10.6 Å². The van der Waals surface area contributed by atoms with Crippen molar-refractivity contribution in [2.24, 2.45) is 0 Å². The maximum Gasteiger partial charge on any atom is 0.221 e. The van der Waals surface area contributed by atoms with Gasteiger partial charge in [-0.25, -0.2) is 8.78 Å². The summed E-state index contributed by atoms with van der Waals surface area (Å²) in [6, 6.07) is 2.20. The van der Waals surface area contributed by atoms with Gasteiger partial charge in [0.05, 0.1) is 0 Å². The Labute approximate surface area is 125 Å². The van der Waals surface area contributed by atoms with E-state index >= 15 is 0 Å². The molecular weight excluding hydrogens is 274 g/mol. The third-order valence-corrected chi connectivity index (χ3v) is 3.57. The van der Waals surface area contributed by atoms with Crippen molar-refractivity contribution in [1.29, 1.82) is 0 Å². The van der Waals surface area contributed by atoms with Crippen LogP contribution in [0.3, 0.4) is 0 Å². The number of carbonyl (C=O) groups is 1. The molecule has 21 heavy (non-hydrogen) atoms. The number of hydrogen-bond donors (Lipinski definition) is 2. The third-order valence-electron chi connectivity index (χ3n) is 3.57. The molecule has 0 heterocycles. The van der Waals surface area contributed by atoms with Crippen molar-refractivity contribution >= 4 is 5.91 Å². The lowest BCUT2D eigenvalue weighted by Gasteiger charge is -2.16. The molecule has 0 aliphatic heterocycles. The van der Waals surface area contributed by atoms with Gasteiger partial charge in [-0.05, 0) is 44.9 Å². The lowest BCUT2D eigenvalue weighted by molar-refractivity contribution is -0.121. The molecular formula is C16H24F2N2O. The van der Waals surface area contributed by atoms with E-state index in [2.05, 4.69) is 10.6 Å². The normalized spacial score (nSPS) is 13.8. The predicted molar refractivity (Wildman–Crippen MR) is 80.0 cm³/mol. The van der Waals surface area contributed by atoms with Gasteiger partial charge >= 0.3 is 0 Å². The summed E-state index contributed by atoms with van der Waals surface area (Å²) >= 11 is 0. The van der Waals surface area contributed by atoms with E-state index < -0.39 is 11.6 Å². The number of aryl methyl sites for hydroxylation is 1. The Kier molecular flexibility index (Phi) is 6.75. The van der Waals surface area contributed by atoms with Crippen LogP contribution in [-0.2, 0) is 4.79 Å². The predicted octanol–water partition coefficient (Wildman–Crippen LogP) is 3.23. The lowest BCUT2D eigenvalue weighted by atomic mass is 10.0. The Morgan fingerprint density at radius 1 is 1.24 bits per heavy atom. The van der Waals surface area contributed by atoms with Crippen LogP contribution >= 0.6 is 0 Å². The SMILES string of the molecule is CCC(C)NC(=O)CCNC(C)c1cc(F)c(C)cc1F. The fraction of sp³-hybridized carbons (Fsp3) is 0.562. The van der Waals surface area contributed by atoms with E-state index in [9.17, 15) is 13.6 Å². The first-order valence-corrected chi connectivity index (χ1v) is 7.33. The molecule has 0 bridgehead atoms. The lowest BCUT2D eigenvalue weighted by Crippen LogP contribution is -2.34. The van der Waals surface area contributed by atoms with Crippen LogP contribution in [0.2, 0.25) is 0 Å². The molecule has 0 radical (unpaired) electrons. The van der Waals surface area contributed by atoms with Crippen molar-refractivity contribution in [3.63, 3.8) is 0 Å². The topological polar surface area (TPSA) is 41.1 Å². The van der Waals surface area contributed by atoms with Crippen LogP contribution in [0.4, 0.5) is 8.78 Å². The number of benzene rings is 1. The van der Waals surface area contributed by atoms with Gasteiger partial charge in [0.1, 0.15) is 11.6 Å². The van der Waals surface area contributed by atoms with Crippen molar-refractivity contribution in [3.8, 4) is 0 Å². The van der Waals surface area contributed by atoms with Gasteiger partial charge in [0.15, 0.2) is 0 Å². The third kappa shape index (κ3) is 5.42. The van der Waals surface area contributed by atoms with Gasteiger partial charge in [-0.2, -0.15) is 0 Å². The summed E-state index contributed by atoms with van der Waals surface area (Å²) in [4.78, 5) is 11.6. The minimum Gasteiger partial charge on any atom is -0.354 e. The van der Waals surface area contributed by atoms with Crippen LogP contribution in [0.15, 0.2) is 12.1 Å². The zero-order valence-corrected chi connectivity index (χ0v) is 13.1. The van der Waals surface area contributed by atoms with E-state index in [1.54, 1.807) is 6.92 Å². The molecule has 5 heteroatoms. The van der Waals surface area contributed by atoms with E-state index in [1.165, 1.54) is 19.1 Å². The summed E-state index contributed by atoms with van der Waals surface area (Å²) in [5.41, 5.74) is 0.566. The van der Waals surface area contributed by atoms with Crippen LogP contribution in [0.25, 0.3) is 0 Å². The maximum atomic E-state index is 13.8. The summed E-state index contributed by atoms with van der Waals surface area (Å²) in [5.74, 6) is -0.896. The first kappa shape index (κ1) is 17.6. The van der Waals surface area contributed by atoms with Crippen LogP contribution in [0, 0.1) is 18.6 Å². The molecule has 1 rings (SSSR count). The number of amides is 1. The van der Waals surface area contributed by atoms with Gasteiger partial charge in [0, 0.05) is 30.6 Å². The van der Waals surface area contributed by atoms with Crippen LogP contribution < -0.4 is 10.6 Å². The summed E-state index contributed by atoms with van der Waals surface area (Å²) in [6.45, 7) is 7.63. The van der Waals surface area contributed by atoms with Crippen molar-refractivity contribution < 1.29 is 13.6 Å². The number of rotatable bonds is 7. The van der Waals surface area contributed by atoms with Gasteiger partial charge in [-0.3, -0.25) is 4.79 Å². The Bertz CT molecular complexity index is 491. The maximum absolute atomic E-state index is 13.8. The molecule has 0 saturated carbocycles. The molecule has 0 aliphatic carbocycles. The Morgan fingerprint density at radius 2 is 1.90 bits per heavy atom. The van der Waals surface area contributed by atoms with Gasteiger partial charge in [0.2, 0.25) is 5.91 Å². The fourth-order valence-electron chi connectivity index (χ4n) is 1.95. The first-order chi connectivity index (χ1) is 9.85. The molecule has 0 aromatic heterocycles. The summed E-state index contributed by atoms with van der Waals surface area (Å²) in [6.07, 6.45) is 1.19. The molecule has 0 saturated heterocycles. The Hall–Kier alpha value is -1.49. The molecule has 118 valence electrons. The standard InChI is InChI=1S/C16H24F2N2O/c1-5-11(3)20-16(21)6-7-19-12(4)13-9-14(17)10(2)8-15(13)18/h8-9,11-12,19H,5-7H2,1-4H3,(H,20,21). The first-order valence-electron chi connectivity index (χ1n) is 7.33. The molecule has 1 aromatic carbocycles. The van der Waals surface area contributed by atoms with Gasteiger partial charge in [-0.1, -0.05) is 6.92 Å². The zero-order valence-electron chi connectivity index (χ0n) is 13.1. The highest BCUT2D eigenvalue weighted by atomic mass is 19.1. The minimum absolute atomic E-state index is 0.0420. The Balaban J connectivity index is 2.49. The number of hydrogen-bond acceptors (Lipinski definition) is 2. The largest absolute Gasteiger partial charge is 0.354 e. The van der Waals surface area contributed by atoms with Gasteiger partial charge in [0.25, 0.3) is 0 Å². The van der Waals surface area contributed by atoms with E-state index in [0.717, 1.165) is 6.42 Å². The van der Waals surface area contributed by atoms with Crippen molar-refractivity contribution in [2.45, 2.75) is 52.6 Å². The van der Waals surface area contributed by atoms with Gasteiger partial charge in [-0.15, -0.1) is 0 Å². The van der Waals surface area contributed by atoms with Crippen LogP contribution in [-0.4, -0.2) is 18.5 Å². The van der Waals surface area contributed by atoms with E-state index in [-0.39, 0.29) is 29.1 Å². The summed E-state index contributed by atoms with van der Waals surface area (Å²) in [7, 11) is 0. The summed E-state index contributed by atoms with van der Waals surface area (Å²) in [5, 5.41) is 5.90. The number of nitrogens with one attached hydrogen (secondary N) is 2. The molecule has 3 nitrogen and oxygen atoms in total. The molecule has 0 spiro atoms. The van der Waals surface area contributed by atoms with Crippen LogP contribution in [0.5, 0.6) is 0 Å².